The summed E-state index contributed by atoms with van der Waals surface area (Å²) >= 11 is 0. The van der Waals surface area contributed by atoms with Crippen LogP contribution in [-0.2, 0) is 17.7 Å². The molecule has 0 amide bonds. The number of anilines is 2. The third kappa shape index (κ3) is 3.96. The molecule has 1 aliphatic carbocycles. The lowest BCUT2D eigenvalue weighted by molar-refractivity contribution is 0.0600. The van der Waals surface area contributed by atoms with Crippen LogP contribution in [0.1, 0.15) is 66.2 Å². The molecule has 0 spiro atoms. The van der Waals surface area contributed by atoms with Gasteiger partial charge in [0, 0.05) is 31.1 Å². The Hall–Kier alpha value is -2.63. The fourth-order valence-corrected chi connectivity index (χ4v) is 3.58. The molecular formula is C22H28N4O2. The van der Waals surface area contributed by atoms with E-state index >= 15 is 0 Å². The number of hydrogen-bond donors (Lipinski definition) is 1. The summed E-state index contributed by atoms with van der Waals surface area (Å²) in [6.45, 7) is 5.98. The molecule has 28 heavy (non-hydrogen) atoms. The Morgan fingerprint density at radius 2 is 2.11 bits per heavy atom. The van der Waals surface area contributed by atoms with Gasteiger partial charge in [0.15, 0.2) is 0 Å². The van der Waals surface area contributed by atoms with Crippen molar-refractivity contribution in [3.63, 3.8) is 0 Å². The number of esters is 1. The standard InChI is InChI=1S/C22H28N4O2/c1-4-14(2)23-22-24-19(15-5-6-15)12-20(25-22)26-10-9-16-11-17(21(27)28-3)7-8-18(16)13-26/h7-8,11-12,14-15H,4-6,9-10,13H2,1-3H3,(H,23,24,25)/t14-/m1/s1. The summed E-state index contributed by atoms with van der Waals surface area (Å²) in [5, 5.41) is 3.44. The summed E-state index contributed by atoms with van der Waals surface area (Å²) in [6, 6.07) is 8.35. The minimum atomic E-state index is -0.282. The molecule has 0 unspecified atom stereocenters. The molecule has 4 rings (SSSR count). The molecule has 2 aliphatic rings. The van der Waals surface area contributed by atoms with Gasteiger partial charge < -0.3 is 15.0 Å². The van der Waals surface area contributed by atoms with Crippen LogP contribution in [0.3, 0.4) is 0 Å². The zero-order valence-electron chi connectivity index (χ0n) is 16.9. The smallest absolute Gasteiger partial charge is 0.337 e. The van der Waals surface area contributed by atoms with E-state index in [4.69, 9.17) is 14.7 Å². The third-order valence-corrected chi connectivity index (χ3v) is 5.68. The largest absolute Gasteiger partial charge is 0.465 e. The molecular weight excluding hydrogens is 352 g/mol. The molecule has 0 bridgehead atoms. The molecule has 1 fully saturated rings. The lowest BCUT2D eigenvalue weighted by Gasteiger charge is -2.30. The van der Waals surface area contributed by atoms with Crippen molar-refractivity contribution < 1.29 is 9.53 Å². The quantitative estimate of drug-likeness (QED) is 0.767. The van der Waals surface area contributed by atoms with Gasteiger partial charge in [-0.2, -0.15) is 4.98 Å². The fourth-order valence-electron chi connectivity index (χ4n) is 3.58. The van der Waals surface area contributed by atoms with E-state index < -0.39 is 0 Å². The Labute approximate surface area is 166 Å². The van der Waals surface area contributed by atoms with Gasteiger partial charge in [0.1, 0.15) is 5.82 Å². The predicted octanol–water partition coefficient (Wildman–Crippen LogP) is 3.91. The first-order valence-electron chi connectivity index (χ1n) is 10.2. The number of carbonyl (C=O) groups is 1. The van der Waals surface area contributed by atoms with E-state index in [0.717, 1.165) is 43.4 Å². The number of ether oxygens (including phenoxy) is 1. The Morgan fingerprint density at radius 3 is 2.82 bits per heavy atom. The van der Waals surface area contributed by atoms with Crippen molar-refractivity contribution in [2.45, 2.75) is 58.0 Å². The minimum absolute atomic E-state index is 0.282. The summed E-state index contributed by atoms with van der Waals surface area (Å²) in [5.41, 5.74) is 4.23. The highest BCUT2D eigenvalue weighted by molar-refractivity contribution is 5.89. The second kappa shape index (κ2) is 7.78. The number of benzene rings is 1. The molecule has 2 heterocycles. The number of rotatable bonds is 6. The maximum Gasteiger partial charge on any atom is 0.337 e. The topological polar surface area (TPSA) is 67.4 Å². The highest BCUT2D eigenvalue weighted by Gasteiger charge is 2.28. The molecule has 1 N–H and O–H groups in total. The van der Waals surface area contributed by atoms with E-state index in [1.54, 1.807) is 0 Å². The normalized spacial score (nSPS) is 17.0. The Bertz CT molecular complexity index is 879. The lowest BCUT2D eigenvalue weighted by Crippen LogP contribution is -2.31. The van der Waals surface area contributed by atoms with Crippen LogP contribution in [0.2, 0.25) is 0 Å². The third-order valence-electron chi connectivity index (χ3n) is 5.68. The minimum Gasteiger partial charge on any atom is -0.465 e. The number of nitrogens with zero attached hydrogens (tertiary/aromatic N) is 3. The maximum absolute atomic E-state index is 11.8. The second-order valence-electron chi connectivity index (χ2n) is 7.85. The van der Waals surface area contributed by atoms with Crippen molar-refractivity contribution in [2.75, 3.05) is 23.9 Å². The van der Waals surface area contributed by atoms with Crippen LogP contribution in [0.5, 0.6) is 0 Å². The molecule has 148 valence electrons. The lowest BCUT2D eigenvalue weighted by atomic mass is 9.97. The van der Waals surface area contributed by atoms with Gasteiger partial charge >= 0.3 is 5.97 Å². The van der Waals surface area contributed by atoms with E-state index in [1.807, 2.05) is 18.2 Å². The predicted molar refractivity (Wildman–Crippen MR) is 110 cm³/mol. The van der Waals surface area contributed by atoms with Crippen molar-refractivity contribution in [1.82, 2.24) is 9.97 Å². The van der Waals surface area contributed by atoms with Gasteiger partial charge in [0.25, 0.3) is 0 Å². The maximum atomic E-state index is 11.8. The highest BCUT2D eigenvalue weighted by Crippen LogP contribution is 2.40. The van der Waals surface area contributed by atoms with Gasteiger partial charge in [-0.25, -0.2) is 9.78 Å². The van der Waals surface area contributed by atoms with Gasteiger partial charge in [-0.1, -0.05) is 13.0 Å². The number of hydrogen-bond acceptors (Lipinski definition) is 6. The van der Waals surface area contributed by atoms with Crippen LogP contribution in [0.4, 0.5) is 11.8 Å². The number of nitrogens with one attached hydrogen (secondary N) is 1. The first-order chi connectivity index (χ1) is 13.6. The van der Waals surface area contributed by atoms with Gasteiger partial charge in [-0.15, -0.1) is 0 Å². The van der Waals surface area contributed by atoms with Crippen molar-refractivity contribution in [3.8, 4) is 0 Å². The van der Waals surface area contributed by atoms with Crippen LogP contribution in [-0.4, -0.2) is 35.6 Å². The van der Waals surface area contributed by atoms with E-state index in [-0.39, 0.29) is 5.97 Å². The Morgan fingerprint density at radius 1 is 1.29 bits per heavy atom. The first kappa shape index (κ1) is 18.7. The van der Waals surface area contributed by atoms with E-state index in [2.05, 4.69) is 30.1 Å². The molecule has 1 aromatic carbocycles. The van der Waals surface area contributed by atoms with Gasteiger partial charge in [-0.05, 0) is 55.9 Å². The van der Waals surface area contributed by atoms with Crippen LogP contribution < -0.4 is 10.2 Å². The summed E-state index contributed by atoms with van der Waals surface area (Å²) in [6.07, 6.45) is 4.36. The number of methoxy groups -OCH3 is 1. The summed E-state index contributed by atoms with van der Waals surface area (Å²) in [7, 11) is 1.42. The van der Waals surface area contributed by atoms with Gasteiger partial charge in [0.2, 0.25) is 5.95 Å². The number of carbonyl (C=O) groups excluding carboxylic acids is 1. The average molecular weight is 380 g/mol. The Kier molecular flexibility index (Phi) is 5.20. The molecule has 6 heteroatoms. The molecule has 2 aromatic rings. The van der Waals surface area contributed by atoms with Crippen molar-refractivity contribution >= 4 is 17.7 Å². The zero-order valence-corrected chi connectivity index (χ0v) is 16.9. The average Bonchev–Trinajstić information content (AvgIpc) is 3.57. The molecule has 1 atom stereocenters. The van der Waals surface area contributed by atoms with Gasteiger partial charge in [-0.3, -0.25) is 0 Å². The second-order valence-corrected chi connectivity index (χ2v) is 7.85. The van der Waals surface area contributed by atoms with Crippen LogP contribution >= 0.6 is 0 Å². The summed E-state index contributed by atoms with van der Waals surface area (Å²) < 4.78 is 4.84. The van der Waals surface area contributed by atoms with E-state index in [9.17, 15) is 4.79 Å². The monoisotopic (exact) mass is 380 g/mol. The van der Waals surface area contributed by atoms with Crippen LogP contribution in [0.15, 0.2) is 24.3 Å². The van der Waals surface area contributed by atoms with E-state index in [1.165, 1.54) is 31.1 Å². The Balaban J connectivity index is 1.58. The van der Waals surface area contributed by atoms with Crippen LogP contribution in [0.25, 0.3) is 0 Å². The molecule has 6 nitrogen and oxygen atoms in total. The van der Waals surface area contributed by atoms with E-state index in [0.29, 0.717) is 17.5 Å². The number of fused-ring (bicyclic) bond motifs is 1. The molecule has 0 saturated heterocycles. The first-order valence-corrected chi connectivity index (χ1v) is 10.2. The summed E-state index contributed by atoms with van der Waals surface area (Å²) in [5.74, 6) is 2.03. The molecule has 1 aromatic heterocycles. The molecule has 1 aliphatic heterocycles. The van der Waals surface area contributed by atoms with Crippen molar-refractivity contribution in [1.29, 1.82) is 0 Å². The highest BCUT2D eigenvalue weighted by atomic mass is 16.5. The fraction of sp³-hybridized carbons (Fsp3) is 0.500. The zero-order chi connectivity index (χ0) is 19.7. The molecule has 0 radical (unpaired) electrons. The number of aromatic nitrogens is 2. The van der Waals surface area contributed by atoms with Crippen molar-refractivity contribution in [3.05, 3.63) is 46.6 Å². The van der Waals surface area contributed by atoms with Crippen LogP contribution in [0, 0.1) is 0 Å². The summed E-state index contributed by atoms with van der Waals surface area (Å²) in [4.78, 5) is 23.7. The van der Waals surface area contributed by atoms with Gasteiger partial charge in [0.05, 0.1) is 18.4 Å². The molecule has 1 saturated carbocycles. The SMILES string of the molecule is CC[C@@H](C)Nc1nc(C2CC2)cc(N2CCc3cc(C(=O)OC)ccc3C2)n1. The van der Waals surface area contributed by atoms with Crippen molar-refractivity contribution in [2.24, 2.45) is 0 Å².